The fourth-order valence-electron chi connectivity index (χ4n) is 2.86. The third-order valence-corrected chi connectivity index (χ3v) is 4.09. The molecule has 0 amide bonds. The highest BCUT2D eigenvalue weighted by Gasteiger charge is 2.37. The second kappa shape index (κ2) is 9.96. The number of rotatable bonds is 8. The quantitative estimate of drug-likeness (QED) is 0.418. The number of benzene rings is 1. The van der Waals surface area contributed by atoms with Crippen molar-refractivity contribution in [1.82, 2.24) is 0 Å². The van der Waals surface area contributed by atoms with Gasteiger partial charge in [0.05, 0.1) is 6.61 Å². The number of hydrogen-bond donors (Lipinski definition) is 1. The number of hydrogen-bond acceptors (Lipinski definition) is 8. The van der Waals surface area contributed by atoms with E-state index >= 15 is 0 Å². The Kier molecular flexibility index (Phi) is 7.66. The Bertz CT molecular complexity index is 690. The van der Waals surface area contributed by atoms with Crippen LogP contribution in [0.1, 0.15) is 49.0 Å². The predicted molar refractivity (Wildman–Crippen MR) is 95.4 cm³/mol. The third kappa shape index (κ3) is 5.72. The zero-order valence-electron chi connectivity index (χ0n) is 15.4. The zero-order valence-corrected chi connectivity index (χ0v) is 15.4. The van der Waals surface area contributed by atoms with E-state index in [9.17, 15) is 19.4 Å². The minimum absolute atomic E-state index is 0.0697. The van der Waals surface area contributed by atoms with Crippen LogP contribution in [-0.2, 0) is 25.4 Å². The van der Waals surface area contributed by atoms with Gasteiger partial charge in [-0.15, -0.1) is 0 Å². The fourth-order valence-corrected chi connectivity index (χ4v) is 2.86. The molecule has 1 aromatic carbocycles. The maximum Gasteiger partial charge on any atom is 0.526 e. The van der Waals surface area contributed by atoms with Crippen molar-refractivity contribution in [2.75, 3.05) is 13.4 Å². The van der Waals surface area contributed by atoms with Crippen molar-refractivity contribution in [1.29, 1.82) is 0 Å². The van der Waals surface area contributed by atoms with Crippen molar-refractivity contribution in [2.24, 2.45) is 0 Å². The molecule has 0 fully saturated rings. The highest BCUT2D eigenvalue weighted by atomic mass is 16.8. The van der Waals surface area contributed by atoms with E-state index in [1.165, 1.54) is 6.07 Å². The van der Waals surface area contributed by atoms with Crippen LogP contribution >= 0.6 is 0 Å². The molecular formula is C18H23BO8. The highest BCUT2D eigenvalue weighted by Crippen LogP contribution is 2.36. The van der Waals surface area contributed by atoms with Gasteiger partial charge >= 0.3 is 19.2 Å². The molecule has 9 heteroatoms. The lowest BCUT2D eigenvalue weighted by Crippen LogP contribution is -2.36. The molecule has 8 nitrogen and oxygen atoms in total. The number of ketones is 1. The van der Waals surface area contributed by atoms with E-state index in [0.29, 0.717) is 18.4 Å². The Balaban J connectivity index is 2.03. The van der Waals surface area contributed by atoms with Crippen molar-refractivity contribution in [3.8, 4) is 5.75 Å². The van der Waals surface area contributed by atoms with Crippen molar-refractivity contribution in [3.63, 3.8) is 0 Å². The largest absolute Gasteiger partial charge is 0.535 e. The van der Waals surface area contributed by atoms with Crippen LogP contribution in [0, 0.1) is 0 Å². The van der Waals surface area contributed by atoms with E-state index < -0.39 is 26.0 Å². The summed E-state index contributed by atoms with van der Waals surface area (Å²) in [5.74, 6) is -0.843. The molecule has 0 aliphatic carbocycles. The van der Waals surface area contributed by atoms with Gasteiger partial charge in [-0.2, -0.15) is 0 Å². The Morgan fingerprint density at radius 3 is 2.70 bits per heavy atom. The first-order valence-electron chi connectivity index (χ1n) is 8.91. The number of carbonyl (C=O) groups excluding carboxylic acids is 3. The Morgan fingerprint density at radius 1 is 1.22 bits per heavy atom. The standard InChI is InChI=1S/C18H23BO8/c1-3-6-14(20)10-13-9-12-7-5-8-15(16(12)27-19(13)23)17(21)25-11-26-18(22)24-4-2/h5,7-8,13,23H,3-4,6,9-11H2,1-2H3/t13-/m1/s1. The highest BCUT2D eigenvalue weighted by molar-refractivity contribution is 6.47. The van der Waals surface area contributed by atoms with Crippen LogP contribution in [0.4, 0.5) is 4.79 Å². The minimum atomic E-state index is -1.19. The predicted octanol–water partition coefficient (Wildman–Crippen LogP) is 2.52. The molecule has 2 rings (SSSR count). The van der Waals surface area contributed by atoms with E-state index in [-0.39, 0.29) is 35.9 Å². The number of Topliss-reactive ketones (excluding diaryl/α,β-unsaturated/α-hetero) is 1. The monoisotopic (exact) mass is 378 g/mol. The number of carbonyl (C=O) groups is 3. The molecule has 1 aromatic rings. The number of esters is 1. The van der Waals surface area contributed by atoms with Crippen molar-refractivity contribution in [2.45, 2.75) is 45.3 Å². The van der Waals surface area contributed by atoms with Gasteiger partial charge in [0.25, 0.3) is 0 Å². The topological polar surface area (TPSA) is 108 Å². The first-order chi connectivity index (χ1) is 13.0. The van der Waals surface area contributed by atoms with E-state index in [1.54, 1.807) is 19.1 Å². The third-order valence-electron chi connectivity index (χ3n) is 4.09. The number of para-hydroxylation sites is 1. The average Bonchev–Trinajstić information content (AvgIpc) is 2.62. The van der Waals surface area contributed by atoms with Gasteiger partial charge in [-0.1, -0.05) is 19.1 Å². The molecule has 0 spiro atoms. The van der Waals surface area contributed by atoms with Crippen molar-refractivity contribution >= 4 is 25.0 Å². The maximum atomic E-state index is 12.2. The summed E-state index contributed by atoms with van der Waals surface area (Å²) < 4.78 is 19.6. The Labute approximate surface area is 157 Å². The first kappa shape index (κ1) is 20.8. The SMILES string of the molecule is CCCC(=O)C[C@H]1Cc2cccc(C(=O)OCOC(=O)OCC)c2OB1O. The van der Waals surface area contributed by atoms with Crippen LogP contribution in [-0.4, -0.2) is 43.5 Å². The zero-order chi connectivity index (χ0) is 19.8. The summed E-state index contributed by atoms with van der Waals surface area (Å²) >= 11 is 0. The summed E-state index contributed by atoms with van der Waals surface area (Å²) in [5.41, 5.74) is 0.813. The second-order valence-electron chi connectivity index (χ2n) is 6.14. The molecule has 0 bridgehead atoms. The molecule has 1 atom stereocenters. The molecule has 0 aromatic heterocycles. The van der Waals surface area contributed by atoms with Gasteiger partial charge in [-0.25, -0.2) is 9.59 Å². The smallest absolute Gasteiger partial charge is 0.526 e. The normalized spacial score (nSPS) is 15.4. The molecule has 27 heavy (non-hydrogen) atoms. The fraction of sp³-hybridized carbons (Fsp3) is 0.500. The van der Waals surface area contributed by atoms with Gasteiger partial charge in [-0.3, -0.25) is 4.79 Å². The van der Waals surface area contributed by atoms with Gasteiger partial charge in [0.2, 0.25) is 6.79 Å². The summed E-state index contributed by atoms with van der Waals surface area (Å²) in [7, 11) is -1.19. The van der Waals surface area contributed by atoms with E-state index in [4.69, 9.17) is 9.39 Å². The average molecular weight is 378 g/mol. The van der Waals surface area contributed by atoms with Gasteiger partial charge in [0.1, 0.15) is 17.1 Å². The van der Waals surface area contributed by atoms with E-state index in [1.807, 2.05) is 6.92 Å². The molecule has 1 aliphatic rings. The summed E-state index contributed by atoms with van der Waals surface area (Å²) in [6, 6.07) is 4.92. The Morgan fingerprint density at radius 2 is 2.00 bits per heavy atom. The number of ether oxygens (including phenoxy) is 3. The van der Waals surface area contributed by atoms with Gasteiger partial charge in [-0.05, 0) is 31.4 Å². The molecule has 1 N–H and O–H groups in total. The maximum absolute atomic E-state index is 12.2. The second-order valence-corrected chi connectivity index (χ2v) is 6.14. The molecule has 1 aliphatic heterocycles. The van der Waals surface area contributed by atoms with Gasteiger partial charge in [0, 0.05) is 18.7 Å². The first-order valence-corrected chi connectivity index (χ1v) is 8.91. The minimum Gasteiger partial charge on any atom is -0.535 e. The summed E-state index contributed by atoms with van der Waals surface area (Å²) in [6.07, 6.45) is 0.904. The molecule has 0 unspecified atom stereocenters. The van der Waals surface area contributed by atoms with Crippen LogP contribution in [0.3, 0.4) is 0 Å². The summed E-state index contributed by atoms with van der Waals surface area (Å²) in [5, 5.41) is 10.2. The lowest BCUT2D eigenvalue weighted by atomic mass is 9.64. The molecule has 0 saturated carbocycles. The van der Waals surface area contributed by atoms with E-state index in [0.717, 1.165) is 6.42 Å². The number of fused-ring (bicyclic) bond motifs is 1. The lowest BCUT2D eigenvalue weighted by Gasteiger charge is -2.28. The molecule has 0 radical (unpaired) electrons. The molecule has 146 valence electrons. The van der Waals surface area contributed by atoms with Crippen LogP contribution in [0.5, 0.6) is 5.75 Å². The van der Waals surface area contributed by atoms with Crippen molar-refractivity contribution in [3.05, 3.63) is 29.3 Å². The molecule has 1 heterocycles. The van der Waals surface area contributed by atoms with Gasteiger partial charge in [0.15, 0.2) is 0 Å². The summed E-state index contributed by atoms with van der Waals surface area (Å²) in [6.45, 7) is 3.09. The molecular weight excluding hydrogens is 355 g/mol. The van der Waals surface area contributed by atoms with Gasteiger partial charge < -0.3 is 23.9 Å². The Hall–Kier alpha value is -2.55. The lowest BCUT2D eigenvalue weighted by molar-refractivity contribution is -0.119. The molecule has 0 saturated heterocycles. The van der Waals surface area contributed by atoms with Crippen molar-refractivity contribution < 1.29 is 38.3 Å². The van der Waals surface area contributed by atoms with Crippen LogP contribution < -0.4 is 4.65 Å². The van der Waals surface area contributed by atoms with Crippen LogP contribution in [0.25, 0.3) is 0 Å². The van der Waals surface area contributed by atoms with Crippen LogP contribution in [0.2, 0.25) is 5.82 Å². The van der Waals surface area contributed by atoms with Crippen LogP contribution in [0.15, 0.2) is 18.2 Å². The van der Waals surface area contributed by atoms with E-state index in [2.05, 4.69) is 9.47 Å². The summed E-state index contributed by atoms with van der Waals surface area (Å²) in [4.78, 5) is 35.2.